The van der Waals surface area contributed by atoms with Crippen molar-refractivity contribution in [3.63, 3.8) is 0 Å². The number of hydrogen-bond acceptors (Lipinski definition) is 4. The van der Waals surface area contributed by atoms with Crippen LogP contribution in [0.15, 0.2) is 12.4 Å². The molecule has 0 aliphatic heterocycles. The molecule has 0 saturated heterocycles. The highest BCUT2D eigenvalue weighted by Gasteiger charge is 1.98. The van der Waals surface area contributed by atoms with Crippen LogP contribution < -0.4 is 10.6 Å². The fourth-order valence-electron chi connectivity index (χ4n) is 0.732. The summed E-state index contributed by atoms with van der Waals surface area (Å²) in [5.74, 6) is 1.37. The minimum atomic E-state index is 0.510. The normalized spacial score (nSPS) is 9.64. The van der Waals surface area contributed by atoms with Gasteiger partial charge in [0.15, 0.2) is 0 Å². The van der Waals surface area contributed by atoms with Gasteiger partial charge in [0, 0.05) is 19.7 Å². The number of rotatable bonds is 2. The first kappa shape index (κ1) is 7.78. The van der Waals surface area contributed by atoms with Crippen LogP contribution in [0.3, 0.4) is 0 Å². The van der Waals surface area contributed by atoms with E-state index in [1.807, 2.05) is 11.9 Å². The topological polar surface area (TPSA) is 55.0 Å². The molecule has 0 amide bonds. The zero-order valence-corrected chi connectivity index (χ0v) is 6.78. The van der Waals surface area contributed by atoms with Crippen molar-refractivity contribution < 1.29 is 0 Å². The average Bonchev–Trinajstić information content (AvgIpc) is 2.03. The van der Waals surface area contributed by atoms with E-state index in [0.29, 0.717) is 5.82 Å². The molecule has 0 fully saturated rings. The second-order valence-electron chi connectivity index (χ2n) is 2.32. The molecule has 1 heterocycles. The van der Waals surface area contributed by atoms with E-state index >= 15 is 0 Å². The van der Waals surface area contributed by atoms with Crippen LogP contribution in [0.25, 0.3) is 0 Å². The number of hydrogen-bond donors (Lipinski definition) is 1. The van der Waals surface area contributed by atoms with Gasteiger partial charge in [-0.25, -0.2) is 9.97 Å². The van der Waals surface area contributed by atoms with Crippen LogP contribution in [-0.2, 0) is 0 Å². The first-order valence-electron chi connectivity index (χ1n) is 3.52. The summed E-state index contributed by atoms with van der Waals surface area (Å²) in [4.78, 5) is 9.84. The summed E-state index contributed by atoms with van der Waals surface area (Å²) in [6.45, 7) is 2.97. The Balaban J connectivity index is 2.86. The Morgan fingerprint density at radius 3 is 2.82 bits per heavy atom. The third kappa shape index (κ3) is 1.80. The van der Waals surface area contributed by atoms with E-state index in [9.17, 15) is 0 Å². The summed E-state index contributed by atoms with van der Waals surface area (Å²) in [5, 5.41) is 0. The molecule has 1 aromatic rings. The van der Waals surface area contributed by atoms with Gasteiger partial charge >= 0.3 is 0 Å². The van der Waals surface area contributed by atoms with Gasteiger partial charge in [0.1, 0.15) is 18.0 Å². The van der Waals surface area contributed by atoms with Crippen LogP contribution in [0.2, 0.25) is 0 Å². The van der Waals surface area contributed by atoms with Crippen molar-refractivity contribution in [3.8, 4) is 0 Å². The molecule has 0 atom stereocenters. The highest BCUT2D eigenvalue weighted by molar-refractivity contribution is 5.44. The molecule has 0 saturated carbocycles. The lowest BCUT2D eigenvalue weighted by Crippen LogP contribution is -2.17. The van der Waals surface area contributed by atoms with Crippen LogP contribution in [0.1, 0.15) is 6.92 Å². The van der Waals surface area contributed by atoms with Crippen molar-refractivity contribution in [2.75, 3.05) is 24.2 Å². The third-order valence-corrected chi connectivity index (χ3v) is 1.54. The summed E-state index contributed by atoms with van der Waals surface area (Å²) >= 11 is 0. The molecular formula is C7H12N4. The minimum Gasteiger partial charge on any atom is -0.384 e. The minimum absolute atomic E-state index is 0.510. The molecule has 0 radical (unpaired) electrons. The summed E-state index contributed by atoms with van der Waals surface area (Å²) in [7, 11) is 1.96. The molecule has 0 aromatic carbocycles. The van der Waals surface area contributed by atoms with Crippen LogP contribution in [0, 0.1) is 0 Å². The van der Waals surface area contributed by atoms with Crippen molar-refractivity contribution in [1.82, 2.24) is 9.97 Å². The second kappa shape index (κ2) is 3.18. The molecule has 60 valence electrons. The van der Waals surface area contributed by atoms with Crippen LogP contribution >= 0.6 is 0 Å². The molecule has 0 aliphatic rings. The standard InChI is InChI=1S/C7H12N4/c1-3-11(2)7-4-6(8)9-5-10-7/h4-5H,3H2,1-2H3,(H2,8,9,10). The first-order chi connectivity index (χ1) is 5.24. The number of aromatic nitrogens is 2. The molecule has 0 unspecified atom stereocenters. The maximum absolute atomic E-state index is 5.47. The van der Waals surface area contributed by atoms with Crippen LogP contribution in [-0.4, -0.2) is 23.6 Å². The Hall–Kier alpha value is -1.32. The summed E-state index contributed by atoms with van der Waals surface area (Å²) in [6.07, 6.45) is 1.47. The monoisotopic (exact) mass is 152 g/mol. The Bertz CT molecular complexity index is 236. The van der Waals surface area contributed by atoms with Gasteiger partial charge in [-0.15, -0.1) is 0 Å². The van der Waals surface area contributed by atoms with Crippen LogP contribution in [0.4, 0.5) is 11.6 Å². The van der Waals surface area contributed by atoms with Gasteiger partial charge in [-0.2, -0.15) is 0 Å². The fraction of sp³-hybridized carbons (Fsp3) is 0.429. The SMILES string of the molecule is CCN(C)c1cc(N)ncn1. The number of nitrogens with zero attached hydrogens (tertiary/aromatic N) is 3. The largest absolute Gasteiger partial charge is 0.384 e. The molecule has 4 heteroatoms. The quantitative estimate of drug-likeness (QED) is 0.671. The van der Waals surface area contributed by atoms with Crippen molar-refractivity contribution in [3.05, 3.63) is 12.4 Å². The molecule has 4 nitrogen and oxygen atoms in total. The molecule has 1 rings (SSSR count). The van der Waals surface area contributed by atoms with Gasteiger partial charge in [0.05, 0.1) is 0 Å². The number of nitrogen functional groups attached to an aromatic ring is 1. The highest BCUT2D eigenvalue weighted by atomic mass is 15.2. The molecule has 11 heavy (non-hydrogen) atoms. The van der Waals surface area contributed by atoms with E-state index in [0.717, 1.165) is 12.4 Å². The van der Waals surface area contributed by atoms with Gasteiger partial charge in [-0.1, -0.05) is 0 Å². The second-order valence-corrected chi connectivity index (χ2v) is 2.32. The lowest BCUT2D eigenvalue weighted by molar-refractivity contribution is 0.930. The third-order valence-electron chi connectivity index (χ3n) is 1.54. The van der Waals surface area contributed by atoms with E-state index < -0.39 is 0 Å². The van der Waals surface area contributed by atoms with Gasteiger partial charge < -0.3 is 10.6 Å². The van der Waals surface area contributed by atoms with Gasteiger partial charge in [-0.3, -0.25) is 0 Å². The maximum atomic E-state index is 5.47. The van der Waals surface area contributed by atoms with Crippen molar-refractivity contribution in [2.45, 2.75) is 6.92 Å². The smallest absolute Gasteiger partial charge is 0.133 e. The van der Waals surface area contributed by atoms with E-state index in [2.05, 4.69) is 16.9 Å². The van der Waals surface area contributed by atoms with Crippen LogP contribution in [0.5, 0.6) is 0 Å². The lowest BCUT2D eigenvalue weighted by Gasteiger charge is -2.14. The first-order valence-corrected chi connectivity index (χ1v) is 3.52. The Labute approximate surface area is 66.1 Å². The highest BCUT2D eigenvalue weighted by Crippen LogP contribution is 2.08. The van der Waals surface area contributed by atoms with Crippen molar-refractivity contribution in [2.24, 2.45) is 0 Å². The van der Waals surface area contributed by atoms with E-state index in [-0.39, 0.29) is 0 Å². The molecule has 0 spiro atoms. The maximum Gasteiger partial charge on any atom is 0.133 e. The lowest BCUT2D eigenvalue weighted by atomic mass is 10.5. The Morgan fingerprint density at radius 2 is 2.27 bits per heavy atom. The number of nitrogens with two attached hydrogens (primary N) is 1. The Morgan fingerprint density at radius 1 is 1.55 bits per heavy atom. The van der Waals surface area contributed by atoms with E-state index in [1.165, 1.54) is 6.33 Å². The molecule has 0 bridgehead atoms. The van der Waals surface area contributed by atoms with Gasteiger partial charge in [0.25, 0.3) is 0 Å². The van der Waals surface area contributed by atoms with E-state index in [4.69, 9.17) is 5.73 Å². The molecule has 2 N–H and O–H groups in total. The predicted octanol–water partition coefficient (Wildman–Crippen LogP) is 0.515. The summed E-state index contributed by atoms with van der Waals surface area (Å²) in [6, 6.07) is 1.75. The molecular weight excluding hydrogens is 140 g/mol. The molecule has 0 aliphatic carbocycles. The fourth-order valence-corrected chi connectivity index (χ4v) is 0.732. The predicted molar refractivity (Wildman–Crippen MR) is 45.4 cm³/mol. The number of anilines is 2. The zero-order valence-electron chi connectivity index (χ0n) is 6.78. The van der Waals surface area contributed by atoms with Gasteiger partial charge in [-0.05, 0) is 6.92 Å². The Kier molecular flexibility index (Phi) is 2.25. The zero-order chi connectivity index (χ0) is 8.27. The summed E-state index contributed by atoms with van der Waals surface area (Å²) in [5.41, 5.74) is 5.47. The average molecular weight is 152 g/mol. The summed E-state index contributed by atoms with van der Waals surface area (Å²) < 4.78 is 0. The van der Waals surface area contributed by atoms with Crippen molar-refractivity contribution in [1.29, 1.82) is 0 Å². The molecule has 1 aromatic heterocycles. The van der Waals surface area contributed by atoms with E-state index in [1.54, 1.807) is 6.07 Å². The van der Waals surface area contributed by atoms with Gasteiger partial charge in [0.2, 0.25) is 0 Å². The van der Waals surface area contributed by atoms with Crippen molar-refractivity contribution >= 4 is 11.6 Å².